The molecule has 0 unspecified atom stereocenters. The number of hydrogen-bond acceptors (Lipinski definition) is 4. The molecule has 3 heterocycles. The van der Waals surface area contributed by atoms with Gasteiger partial charge in [-0.15, -0.1) is 0 Å². The number of benzene rings is 1. The Kier molecular flexibility index (Phi) is 5.12. The van der Waals surface area contributed by atoms with Gasteiger partial charge in [0, 0.05) is 44.3 Å². The number of fused-ring (bicyclic) bond motifs is 1. The van der Waals surface area contributed by atoms with E-state index in [1.54, 1.807) is 0 Å². The summed E-state index contributed by atoms with van der Waals surface area (Å²) >= 11 is 0. The Bertz CT molecular complexity index is 795. The molecule has 1 amide bonds. The van der Waals surface area contributed by atoms with E-state index in [0.717, 1.165) is 25.5 Å². The first-order valence-electron chi connectivity index (χ1n) is 9.77. The summed E-state index contributed by atoms with van der Waals surface area (Å²) in [5, 5.41) is 0. The number of hydrogen-bond donors (Lipinski definition) is 0. The molecule has 0 spiro atoms. The number of anilines is 1. The van der Waals surface area contributed by atoms with Crippen LogP contribution in [0, 0.1) is 18.8 Å². The molecule has 0 aliphatic carbocycles. The normalized spacial score (nSPS) is 24.3. The van der Waals surface area contributed by atoms with E-state index in [1.807, 2.05) is 25.3 Å². The highest BCUT2D eigenvalue weighted by atomic mass is 16.5. The number of likely N-dealkylation sites (tertiary alicyclic amines) is 1. The molecule has 2 aliphatic rings. The summed E-state index contributed by atoms with van der Waals surface area (Å²) in [6.07, 6.45) is 1.85. The van der Waals surface area contributed by atoms with Crippen molar-refractivity contribution >= 4 is 11.7 Å². The van der Waals surface area contributed by atoms with Crippen LogP contribution in [0.5, 0.6) is 0 Å². The van der Waals surface area contributed by atoms with Crippen molar-refractivity contribution in [2.45, 2.75) is 19.9 Å². The molecule has 3 atom stereocenters. The van der Waals surface area contributed by atoms with Crippen LogP contribution in [0.3, 0.4) is 0 Å². The Balaban J connectivity index is 1.62. The first-order valence-corrected chi connectivity index (χ1v) is 9.77. The van der Waals surface area contributed by atoms with Crippen molar-refractivity contribution in [1.29, 1.82) is 0 Å². The van der Waals surface area contributed by atoms with E-state index in [2.05, 4.69) is 52.0 Å². The van der Waals surface area contributed by atoms with E-state index >= 15 is 0 Å². The number of carbonyl (C=O) groups is 1. The largest absolute Gasteiger partial charge is 0.372 e. The molecule has 2 aromatic rings. The number of rotatable bonds is 5. The third-order valence-corrected chi connectivity index (χ3v) is 5.89. The fraction of sp³-hybridized carbons (Fsp3) is 0.455. The van der Waals surface area contributed by atoms with Gasteiger partial charge in [-0.05, 0) is 37.1 Å². The summed E-state index contributed by atoms with van der Waals surface area (Å²) in [6.45, 7) is 7.46. The Hall–Kier alpha value is -2.40. The minimum Gasteiger partial charge on any atom is -0.372 e. The van der Waals surface area contributed by atoms with Crippen molar-refractivity contribution in [1.82, 2.24) is 9.88 Å². The second-order valence-electron chi connectivity index (χ2n) is 7.50. The maximum atomic E-state index is 12.9. The fourth-order valence-electron chi connectivity index (χ4n) is 4.62. The minimum atomic E-state index is 0.101. The topological polar surface area (TPSA) is 45.7 Å². The lowest BCUT2D eigenvalue weighted by molar-refractivity contribution is -0.137. The summed E-state index contributed by atoms with van der Waals surface area (Å²) in [6, 6.07) is 14.6. The molecule has 0 N–H and O–H groups in total. The molecule has 2 aliphatic heterocycles. The van der Waals surface area contributed by atoms with Gasteiger partial charge in [0.15, 0.2) is 0 Å². The second kappa shape index (κ2) is 7.69. The predicted octanol–water partition coefficient (Wildman–Crippen LogP) is 3.06. The first-order chi connectivity index (χ1) is 13.2. The van der Waals surface area contributed by atoms with E-state index in [4.69, 9.17) is 4.74 Å². The highest BCUT2D eigenvalue weighted by molar-refractivity contribution is 5.78. The molecule has 5 nitrogen and oxygen atoms in total. The van der Waals surface area contributed by atoms with E-state index in [1.165, 1.54) is 11.1 Å². The van der Waals surface area contributed by atoms with Crippen molar-refractivity contribution in [3.63, 3.8) is 0 Å². The molecular formula is C22H27N3O2. The summed E-state index contributed by atoms with van der Waals surface area (Å²) in [4.78, 5) is 21.8. The number of amides is 1. The number of aryl methyl sites for hydroxylation is 1. The van der Waals surface area contributed by atoms with Gasteiger partial charge in [-0.1, -0.05) is 30.3 Å². The molecule has 2 saturated heterocycles. The highest BCUT2D eigenvalue weighted by Crippen LogP contribution is 2.46. The van der Waals surface area contributed by atoms with Crippen LogP contribution in [-0.4, -0.2) is 48.6 Å². The SMILES string of the molecule is CCOCC(=O)N1C[C@@H]2CN(c3ccccn3)C[C@@H]2[C@H]1c1ccccc1C. The van der Waals surface area contributed by atoms with Gasteiger partial charge in [-0.3, -0.25) is 4.79 Å². The Morgan fingerprint density at radius 2 is 1.96 bits per heavy atom. The Morgan fingerprint density at radius 3 is 2.70 bits per heavy atom. The van der Waals surface area contributed by atoms with Crippen molar-refractivity contribution in [2.75, 3.05) is 37.7 Å². The zero-order valence-electron chi connectivity index (χ0n) is 16.0. The summed E-state index contributed by atoms with van der Waals surface area (Å²) in [5.41, 5.74) is 2.51. The first kappa shape index (κ1) is 18.0. The molecule has 142 valence electrons. The van der Waals surface area contributed by atoms with Gasteiger partial charge in [0.25, 0.3) is 0 Å². The average molecular weight is 365 g/mol. The quantitative estimate of drug-likeness (QED) is 0.817. The van der Waals surface area contributed by atoms with Crippen molar-refractivity contribution < 1.29 is 9.53 Å². The van der Waals surface area contributed by atoms with Crippen molar-refractivity contribution in [2.24, 2.45) is 11.8 Å². The van der Waals surface area contributed by atoms with E-state index in [0.29, 0.717) is 18.4 Å². The van der Waals surface area contributed by atoms with E-state index < -0.39 is 0 Å². The maximum Gasteiger partial charge on any atom is 0.249 e. The van der Waals surface area contributed by atoms with Crippen LogP contribution in [0.25, 0.3) is 0 Å². The average Bonchev–Trinajstić information content (AvgIpc) is 3.25. The lowest BCUT2D eigenvalue weighted by atomic mass is 9.87. The van der Waals surface area contributed by atoms with Crippen molar-refractivity contribution in [3.8, 4) is 0 Å². The van der Waals surface area contributed by atoms with Crippen LogP contribution in [0.1, 0.15) is 24.1 Å². The molecular weight excluding hydrogens is 338 g/mol. The third kappa shape index (κ3) is 3.44. The monoisotopic (exact) mass is 365 g/mol. The smallest absolute Gasteiger partial charge is 0.249 e. The van der Waals surface area contributed by atoms with Crippen molar-refractivity contribution in [3.05, 3.63) is 59.8 Å². The maximum absolute atomic E-state index is 12.9. The minimum absolute atomic E-state index is 0.101. The van der Waals surface area contributed by atoms with Crippen LogP contribution in [-0.2, 0) is 9.53 Å². The molecule has 4 rings (SSSR count). The molecule has 0 saturated carbocycles. The third-order valence-electron chi connectivity index (χ3n) is 5.89. The van der Waals surface area contributed by atoms with Crippen LogP contribution >= 0.6 is 0 Å². The van der Waals surface area contributed by atoms with Gasteiger partial charge in [-0.2, -0.15) is 0 Å². The Labute approximate surface area is 161 Å². The van der Waals surface area contributed by atoms with Crippen LogP contribution in [0.2, 0.25) is 0 Å². The zero-order valence-corrected chi connectivity index (χ0v) is 16.0. The van der Waals surface area contributed by atoms with Gasteiger partial charge in [-0.25, -0.2) is 4.98 Å². The zero-order chi connectivity index (χ0) is 18.8. The van der Waals surface area contributed by atoms with Gasteiger partial charge < -0.3 is 14.5 Å². The fourth-order valence-corrected chi connectivity index (χ4v) is 4.62. The molecule has 1 aromatic carbocycles. The molecule has 27 heavy (non-hydrogen) atoms. The lowest BCUT2D eigenvalue weighted by Gasteiger charge is -2.31. The number of ether oxygens (including phenoxy) is 1. The van der Waals surface area contributed by atoms with Gasteiger partial charge in [0.1, 0.15) is 12.4 Å². The van der Waals surface area contributed by atoms with Gasteiger partial charge >= 0.3 is 0 Å². The van der Waals surface area contributed by atoms with Gasteiger partial charge in [0.05, 0.1) is 6.04 Å². The van der Waals surface area contributed by atoms with Crippen LogP contribution in [0.15, 0.2) is 48.7 Å². The number of aromatic nitrogens is 1. The molecule has 2 fully saturated rings. The standard InChI is InChI=1S/C22H27N3O2/c1-3-27-15-21(26)25-13-17-12-24(20-10-6-7-11-23-20)14-19(17)22(25)18-9-5-4-8-16(18)2/h4-11,17,19,22H,3,12-15H2,1-2H3/t17-,19-,22+/m0/s1. The molecule has 0 bridgehead atoms. The summed E-state index contributed by atoms with van der Waals surface area (Å²) < 4.78 is 5.42. The van der Waals surface area contributed by atoms with E-state index in [-0.39, 0.29) is 18.6 Å². The number of pyridine rings is 1. The van der Waals surface area contributed by atoms with Gasteiger partial charge in [0.2, 0.25) is 5.91 Å². The number of carbonyl (C=O) groups excluding carboxylic acids is 1. The van der Waals surface area contributed by atoms with Crippen LogP contribution in [0.4, 0.5) is 5.82 Å². The molecule has 1 aromatic heterocycles. The summed E-state index contributed by atoms with van der Waals surface area (Å²) in [7, 11) is 0. The highest BCUT2D eigenvalue weighted by Gasteiger charge is 2.49. The lowest BCUT2D eigenvalue weighted by Crippen LogP contribution is -2.38. The van der Waals surface area contributed by atoms with E-state index in [9.17, 15) is 4.79 Å². The predicted molar refractivity (Wildman–Crippen MR) is 106 cm³/mol. The summed E-state index contributed by atoms with van der Waals surface area (Å²) in [5.74, 6) is 2.01. The molecule has 5 heteroatoms. The number of nitrogens with zero attached hydrogens (tertiary/aromatic N) is 3. The second-order valence-corrected chi connectivity index (χ2v) is 7.50. The van der Waals surface area contributed by atoms with Crippen LogP contribution < -0.4 is 4.90 Å². The molecule has 0 radical (unpaired) electrons. The Morgan fingerprint density at radius 1 is 1.15 bits per heavy atom.